The van der Waals surface area contributed by atoms with Gasteiger partial charge in [0, 0.05) is 24.7 Å². The quantitative estimate of drug-likeness (QED) is 0.292. The lowest BCUT2D eigenvalue weighted by Gasteiger charge is -2.31. The highest BCUT2D eigenvalue weighted by atomic mass is 16.6. The number of hydrogen-bond donors (Lipinski definition) is 3. The highest BCUT2D eigenvalue weighted by Crippen LogP contribution is 2.62. The lowest BCUT2D eigenvalue weighted by atomic mass is 9.80. The van der Waals surface area contributed by atoms with Gasteiger partial charge in [-0.1, -0.05) is 53.0 Å². The summed E-state index contributed by atoms with van der Waals surface area (Å²) < 4.78 is 4.75. The normalized spacial score (nSPS) is 20.9. The van der Waals surface area contributed by atoms with Crippen LogP contribution < -0.4 is 15.5 Å². The van der Waals surface area contributed by atoms with Gasteiger partial charge in [0.15, 0.2) is 0 Å². The van der Waals surface area contributed by atoms with Crippen molar-refractivity contribution in [3.8, 4) is 0 Å². The minimum atomic E-state index is -0.720. The standard InChI is InChI=1S/C29H37N5O4/c1-16(2)14-34(15-17(3)4)24-11-8-19(26-25(18-6-5-7-18)27(26)28(35)36)12-23(24)31-29(37)30-20-9-10-21-22(13-20)33-38-32-21/h8-13,16-18,25-27H,5-7,14-15H2,1-4H3,(H,35,36)(H2,30,31,37)/t25?,26-,27+/m1/s1. The third kappa shape index (κ3) is 5.47. The van der Waals surface area contributed by atoms with Crippen LogP contribution >= 0.6 is 0 Å². The number of amides is 2. The van der Waals surface area contributed by atoms with Gasteiger partial charge in [0.25, 0.3) is 0 Å². The number of carbonyl (C=O) groups is 2. The molecule has 0 saturated heterocycles. The van der Waals surface area contributed by atoms with Gasteiger partial charge in [0.2, 0.25) is 0 Å². The fourth-order valence-electron chi connectivity index (χ4n) is 5.93. The van der Waals surface area contributed by atoms with Crippen LogP contribution in [0.5, 0.6) is 0 Å². The van der Waals surface area contributed by atoms with Crippen molar-refractivity contribution >= 4 is 40.1 Å². The maximum absolute atomic E-state index is 13.2. The van der Waals surface area contributed by atoms with Crippen LogP contribution in [0.3, 0.4) is 0 Å². The van der Waals surface area contributed by atoms with Crippen LogP contribution in [0, 0.1) is 29.6 Å². The van der Waals surface area contributed by atoms with Gasteiger partial charge in [-0.15, -0.1) is 0 Å². The van der Waals surface area contributed by atoms with Crippen molar-refractivity contribution in [3.63, 3.8) is 0 Å². The Balaban J connectivity index is 1.44. The van der Waals surface area contributed by atoms with Gasteiger partial charge in [-0.3, -0.25) is 4.79 Å². The predicted molar refractivity (Wildman–Crippen MR) is 147 cm³/mol. The summed E-state index contributed by atoms with van der Waals surface area (Å²) in [6, 6.07) is 10.9. The van der Waals surface area contributed by atoms with E-state index in [-0.39, 0.29) is 23.8 Å². The lowest BCUT2D eigenvalue weighted by molar-refractivity contribution is -0.139. The smallest absolute Gasteiger partial charge is 0.323 e. The molecule has 9 nitrogen and oxygen atoms in total. The van der Waals surface area contributed by atoms with E-state index in [0.29, 0.717) is 40.2 Å². The van der Waals surface area contributed by atoms with Crippen LogP contribution in [0.1, 0.15) is 58.4 Å². The van der Waals surface area contributed by atoms with E-state index >= 15 is 0 Å². The molecule has 2 aromatic carbocycles. The second-order valence-electron chi connectivity index (χ2n) is 11.7. The molecular formula is C29H37N5O4. The Kier molecular flexibility index (Phi) is 7.27. The average molecular weight is 520 g/mol. The molecule has 2 amide bonds. The molecule has 0 aliphatic heterocycles. The summed E-state index contributed by atoms with van der Waals surface area (Å²) in [5.74, 6) is 0.446. The van der Waals surface area contributed by atoms with Crippen LogP contribution in [-0.2, 0) is 4.79 Å². The fourth-order valence-corrected chi connectivity index (χ4v) is 5.93. The average Bonchev–Trinajstić information content (AvgIpc) is 3.34. The van der Waals surface area contributed by atoms with E-state index in [1.165, 1.54) is 6.42 Å². The van der Waals surface area contributed by atoms with E-state index in [1.807, 2.05) is 6.07 Å². The number of rotatable bonds is 10. The Labute approximate surface area is 222 Å². The molecule has 0 bridgehead atoms. The van der Waals surface area contributed by atoms with Crippen LogP contribution in [0.25, 0.3) is 11.0 Å². The second-order valence-corrected chi connectivity index (χ2v) is 11.7. The summed E-state index contributed by atoms with van der Waals surface area (Å²) in [6.45, 7) is 10.4. The number of carbonyl (C=O) groups excluding carboxylic acids is 1. The van der Waals surface area contributed by atoms with Gasteiger partial charge in [-0.05, 0) is 69.9 Å². The van der Waals surface area contributed by atoms with Crippen molar-refractivity contribution in [2.45, 2.75) is 52.9 Å². The van der Waals surface area contributed by atoms with Gasteiger partial charge in [-0.25, -0.2) is 9.42 Å². The number of anilines is 3. The number of aromatic nitrogens is 2. The zero-order valence-electron chi connectivity index (χ0n) is 22.5. The van der Waals surface area contributed by atoms with E-state index in [9.17, 15) is 14.7 Å². The van der Waals surface area contributed by atoms with Crippen molar-refractivity contribution in [2.24, 2.45) is 29.6 Å². The summed E-state index contributed by atoms with van der Waals surface area (Å²) >= 11 is 0. The molecule has 1 aromatic heterocycles. The molecular weight excluding hydrogens is 482 g/mol. The Bertz CT molecular complexity index is 1310. The van der Waals surface area contributed by atoms with E-state index in [0.717, 1.165) is 37.2 Å². The van der Waals surface area contributed by atoms with Crippen molar-refractivity contribution in [1.29, 1.82) is 0 Å². The molecule has 3 atom stereocenters. The number of benzene rings is 2. The zero-order valence-corrected chi connectivity index (χ0v) is 22.5. The fraction of sp³-hybridized carbons (Fsp3) is 0.517. The van der Waals surface area contributed by atoms with E-state index in [2.05, 4.69) is 65.7 Å². The molecule has 2 saturated carbocycles. The molecule has 0 spiro atoms. The largest absolute Gasteiger partial charge is 0.481 e. The summed E-state index contributed by atoms with van der Waals surface area (Å²) in [7, 11) is 0. The molecule has 0 radical (unpaired) electrons. The lowest BCUT2D eigenvalue weighted by Crippen LogP contribution is -2.32. The number of carboxylic acid groups (broad SMARTS) is 1. The number of aliphatic carboxylic acids is 1. The number of nitrogens with zero attached hydrogens (tertiary/aromatic N) is 3. The van der Waals surface area contributed by atoms with E-state index in [4.69, 9.17) is 4.63 Å². The first-order valence-electron chi connectivity index (χ1n) is 13.6. The molecule has 9 heteroatoms. The van der Waals surface area contributed by atoms with Crippen LogP contribution in [0.15, 0.2) is 41.0 Å². The van der Waals surface area contributed by atoms with Crippen molar-refractivity contribution in [1.82, 2.24) is 10.3 Å². The monoisotopic (exact) mass is 519 g/mol. The molecule has 1 unspecified atom stereocenters. The number of nitrogens with one attached hydrogen (secondary N) is 2. The van der Waals surface area contributed by atoms with Crippen molar-refractivity contribution in [2.75, 3.05) is 28.6 Å². The molecule has 5 rings (SSSR count). The van der Waals surface area contributed by atoms with Crippen molar-refractivity contribution < 1.29 is 19.3 Å². The molecule has 2 aliphatic rings. The van der Waals surface area contributed by atoms with Gasteiger partial charge >= 0.3 is 12.0 Å². The summed E-state index contributed by atoms with van der Waals surface area (Å²) in [6.07, 6.45) is 3.40. The van der Waals surface area contributed by atoms with Crippen LogP contribution in [-0.4, -0.2) is 40.5 Å². The summed E-state index contributed by atoms with van der Waals surface area (Å²) in [5, 5.41) is 23.5. The molecule has 38 heavy (non-hydrogen) atoms. The van der Waals surface area contributed by atoms with Gasteiger partial charge in [0.05, 0.1) is 17.3 Å². The number of hydrogen-bond acceptors (Lipinski definition) is 6. The molecule has 3 N–H and O–H groups in total. The molecule has 2 aliphatic carbocycles. The van der Waals surface area contributed by atoms with Gasteiger partial charge < -0.3 is 20.6 Å². The van der Waals surface area contributed by atoms with E-state index < -0.39 is 5.97 Å². The Morgan fingerprint density at radius 1 is 1.00 bits per heavy atom. The van der Waals surface area contributed by atoms with Gasteiger partial charge in [0.1, 0.15) is 11.0 Å². The predicted octanol–water partition coefficient (Wildman–Crippen LogP) is 6.20. The Hall–Kier alpha value is -3.62. The number of fused-ring (bicyclic) bond motifs is 1. The first kappa shape index (κ1) is 26.0. The zero-order chi connectivity index (χ0) is 27.0. The summed E-state index contributed by atoms with van der Waals surface area (Å²) in [5.41, 5.74) is 4.35. The van der Waals surface area contributed by atoms with Gasteiger partial charge in [-0.2, -0.15) is 0 Å². The maximum atomic E-state index is 13.2. The number of urea groups is 1. The second kappa shape index (κ2) is 10.6. The molecule has 3 aromatic rings. The van der Waals surface area contributed by atoms with Crippen LogP contribution in [0.4, 0.5) is 21.9 Å². The summed E-state index contributed by atoms with van der Waals surface area (Å²) in [4.78, 5) is 27.5. The Morgan fingerprint density at radius 2 is 1.71 bits per heavy atom. The van der Waals surface area contributed by atoms with E-state index in [1.54, 1.807) is 18.2 Å². The van der Waals surface area contributed by atoms with Crippen LogP contribution in [0.2, 0.25) is 0 Å². The number of carboxylic acids is 1. The SMILES string of the molecule is CC(C)CN(CC(C)C)c1ccc([C@@H]2C(C3CCC3)[C@@H]2C(=O)O)cc1NC(=O)Nc1ccc2nonc2c1. The van der Waals surface area contributed by atoms with Crippen molar-refractivity contribution in [3.05, 3.63) is 42.0 Å². The Morgan fingerprint density at radius 3 is 2.34 bits per heavy atom. The minimum absolute atomic E-state index is 0.0128. The first-order chi connectivity index (χ1) is 18.2. The molecule has 1 heterocycles. The third-order valence-electron chi connectivity index (χ3n) is 7.73. The first-order valence-corrected chi connectivity index (χ1v) is 13.6. The molecule has 2 fully saturated rings. The topological polar surface area (TPSA) is 121 Å². The highest BCUT2D eigenvalue weighted by Gasteiger charge is 2.59. The minimum Gasteiger partial charge on any atom is -0.481 e. The highest BCUT2D eigenvalue weighted by molar-refractivity contribution is 6.02. The molecule has 202 valence electrons. The maximum Gasteiger partial charge on any atom is 0.323 e. The third-order valence-corrected chi connectivity index (χ3v) is 7.73.